The van der Waals surface area contributed by atoms with Gasteiger partial charge in [0.25, 0.3) is 0 Å². The molecule has 1 aliphatic carbocycles. The van der Waals surface area contributed by atoms with E-state index in [4.69, 9.17) is 5.73 Å². The van der Waals surface area contributed by atoms with Crippen LogP contribution in [-0.4, -0.2) is 9.55 Å². The van der Waals surface area contributed by atoms with Crippen LogP contribution in [-0.2, 0) is 0 Å². The monoisotopic (exact) mass is 221 g/mol. The first-order chi connectivity index (χ1) is 7.58. The average molecular weight is 221 g/mol. The molecule has 0 aliphatic heterocycles. The standard InChI is InChI=1S/C13H23N3/c1-9-4-10(2)6-12(5-9)16-8-15-7-13(16)11(3)14/h7-12H,4-6,14H2,1-3H3/t9?,10?,11-,12?/m0/s1. The fourth-order valence-electron chi connectivity index (χ4n) is 3.10. The van der Waals surface area contributed by atoms with Gasteiger partial charge in [0.2, 0.25) is 0 Å². The van der Waals surface area contributed by atoms with Crippen LogP contribution in [0.25, 0.3) is 0 Å². The number of imidazole rings is 1. The maximum Gasteiger partial charge on any atom is 0.0951 e. The van der Waals surface area contributed by atoms with E-state index < -0.39 is 0 Å². The highest BCUT2D eigenvalue weighted by Gasteiger charge is 2.26. The van der Waals surface area contributed by atoms with E-state index >= 15 is 0 Å². The molecule has 0 saturated heterocycles. The smallest absolute Gasteiger partial charge is 0.0951 e. The van der Waals surface area contributed by atoms with Crippen LogP contribution in [0.2, 0.25) is 0 Å². The molecule has 16 heavy (non-hydrogen) atoms. The zero-order valence-corrected chi connectivity index (χ0v) is 10.6. The summed E-state index contributed by atoms with van der Waals surface area (Å²) < 4.78 is 2.30. The summed E-state index contributed by atoms with van der Waals surface area (Å²) in [5.41, 5.74) is 7.15. The van der Waals surface area contributed by atoms with Gasteiger partial charge in [0, 0.05) is 18.3 Å². The Bertz CT molecular complexity index is 333. The van der Waals surface area contributed by atoms with Crippen molar-refractivity contribution in [2.24, 2.45) is 17.6 Å². The minimum Gasteiger partial charge on any atom is -0.330 e. The number of hydrogen-bond acceptors (Lipinski definition) is 2. The molecule has 2 rings (SSSR count). The summed E-state index contributed by atoms with van der Waals surface area (Å²) in [5, 5.41) is 0. The van der Waals surface area contributed by atoms with Crippen molar-refractivity contribution in [1.29, 1.82) is 0 Å². The van der Waals surface area contributed by atoms with E-state index in [1.807, 2.05) is 19.4 Å². The first-order valence-electron chi connectivity index (χ1n) is 6.35. The van der Waals surface area contributed by atoms with Crippen LogP contribution in [0.3, 0.4) is 0 Å². The topological polar surface area (TPSA) is 43.8 Å². The molecule has 2 unspecified atom stereocenters. The summed E-state index contributed by atoms with van der Waals surface area (Å²) in [4.78, 5) is 4.25. The maximum absolute atomic E-state index is 5.97. The Labute approximate surface area is 98.1 Å². The third-order valence-electron chi connectivity index (χ3n) is 3.71. The second-order valence-corrected chi connectivity index (χ2v) is 5.59. The summed E-state index contributed by atoms with van der Waals surface area (Å²) in [5.74, 6) is 1.63. The molecule has 1 aromatic rings. The van der Waals surface area contributed by atoms with Crippen molar-refractivity contribution in [2.45, 2.75) is 52.1 Å². The maximum atomic E-state index is 5.97. The lowest BCUT2D eigenvalue weighted by Crippen LogP contribution is -2.24. The first kappa shape index (κ1) is 11.6. The quantitative estimate of drug-likeness (QED) is 0.834. The van der Waals surface area contributed by atoms with Gasteiger partial charge in [0.1, 0.15) is 0 Å². The van der Waals surface area contributed by atoms with Gasteiger partial charge in [-0.2, -0.15) is 0 Å². The van der Waals surface area contributed by atoms with Crippen LogP contribution in [0.4, 0.5) is 0 Å². The van der Waals surface area contributed by atoms with Crippen molar-refractivity contribution in [2.75, 3.05) is 0 Å². The van der Waals surface area contributed by atoms with Crippen molar-refractivity contribution in [1.82, 2.24) is 9.55 Å². The van der Waals surface area contributed by atoms with Crippen molar-refractivity contribution in [3.63, 3.8) is 0 Å². The fraction of sp³-hybridized carbons (Fsp3) is 0.769. The van der Waals surface area contributed by atoms with Crippen molar-refractivity contribution in [3.8, 4) is 0 Å². The van der Waals surface area contributed by atoms with Crippen molar-refractivity contribution in [3.05, 3.63) is 18.2 Å². The third-order valence-corrected chi connectivity index (χ3v) is 3.71. The summed E-state index contributed by atoms with van der Waals surface area (Å²) in [6, 6.07) is 0.678. The molecule has 1 aliphatic rings. The number of rotatable bonds is 2. The van der Waals surface area contributed by atoms with Gasteiger partial charge in [0.15, 0.2) is 0 Å². The lowest BCUT2D eigenvalue weighted by molar-refractivity contribution is 0.217. The van der Waals surface area contributed by atoms with Crippen molar-refractivity contribution < 1.29 is 0 Å². The van der Waals surface area contributed by atoms with Crippen LogP contribution in [0.1, 0.15) is 57.8 Å². The highest BCUT2D eigenvalue weighted by molar-refractivity contribution is 5.05. The van der Waals surface area contributed by atoms with E-state index in [1.165, 1.54) is 25.0 Å². The first-order valence-corrected chi connectivity index (χ1v) is 6.35. The molecular formula is C13H23N3. The van der Waals surface area contributed by atoms with Crippen LogP contribution >= 0.6 is 0 Å². The summed E-state index contributed by atoms with van der Waals surface area (Å²) >= 11 is 0. The second kappa shape index (κ2) is 4.58. The molecule has 90 valence electrons. The van der Waals surface area contributed by atoms with E-state index in [2.05, 4.69) is 23.4 Å². The molecule has 0 amide bonds. The Balaban J connectivity index is 2.19. The summed E-state index contributed by atoms with van der Waals surface area (Å²) in [6.07, 6.45) is 7.75. The van der Waals surface area contributed by atoms with Crippen LogP contribution in [0.15, 0.2) is 12.5 Å². The number of nitrogens with zero attached hydrogens (tertiary/aromatic N) is 2. The molecule has 3 heteroatoms. The SMILES string of the molecule is CC1CC(C)CC(n2cncc2[C@H](C)N)C1. The average Bonchev–Trinajstić information content (AvgIpc) is 2.63. The molecule has 1 heterocycles. The zero-order chi connectivity index (χ0) is 11.7. The van der Waals surface area contributed by atoms with Crippen LogP contribution < -0.4 is 5.73 Å². The highest BCUT2D eigenvalue weighted by Crippen LogP contribution is 2.36. The summed E-state index contributed by atoms with van der Waals surface area (Å²) in [7, 11) is 0. The second-order valence-electron chi connectivity index (χ2n) is 5.59. The van der Waals surface area contributed by atoms with Gasteiger partial charge in [-0.3, -0.25) is 0 Å². The predicted molar refractivity (Wildman–Crippen MR) is 66.0 cm³/mol. The summed E-state index contributed by atoms with van der Waals surface area (Å²) in [6.45, 7) is 6.74. The van der Waals surface area contributed by atoms with Crippen LogP contribution in [0, 0.1) is 11.8 Å². The predicted octanol–water partition coefficient (Wildman–Crippen LogP) is 2.90. The molecule has 3 nitrogen and oxygen atoms in total. The Morgan fingerprint density at radius 3 is 2.50 bits per heavy atom. The molecule has 3 atom stereocenters. The Hall–Kier alpha value is -0.830. The van der Waals surface area contributed by atoms with Gasteiger partial charge in [-0.1, -0.05) is 13.8 Å². The molecule has 1 aromatic heterocycles. The molecule has 0 spiro atoms. The lowest BCUT2D eigenvalue weighted by atomic mass is 9.80. The molecule has 1 saturated carbocycles. The zero-order valence-electron chi connectivity index (χ0n) is 10.6. The fourth-order valence-corrected chi connectivity index (χ4v) is 3.10. The van der Waals surface area contributed by atoms with E-state index in [9.17, 15) is 0 Å². The van der Waals surface area contributed by atoms with Gasteiger partial charge in [0.05, 0.1) is 12.0 Å². The number of hydrogen-bond donors (Lipinski definition) is 1. The highest BCUT2D eigenvalue weighted by atomic mass is 15.1. The minimum absolute atomic E-state index is 0.0787. The molecular weight excluding hydrogens is 198 g/mol. The van der Waals surface area contributed by atoms with Gasteiger partial charge in [-0.05, 0) is 38.0 Å². The Kier molecular flexibility index (Phi) is 3.33. The number of nitrogens with two attached hydrogens (primary N) is 1. The van der Waals surface area contributed by atoms with Crippen LogP contribution in [0.5, 0.6) is 0 Å². The van der Waals surface area contributed by atoms with E-state index in [0.717, 1.165) is 11.8 Å². The molecule has 2 N–H and O–H groups in total. The molecule has 1 fully saturated rings. The van der Waals surface area contributed by atoms with E-state index in [0.29, 0.717) is 6.04 Å². The van der Waals surface area contributed by atoms with Gasteiger partial charge < -0.3 is 10.3 Å². The Morgan fingerprint density at radius 1 is 1.31 bits per heavy atom. The van der Waals surface area contributed by atoms with Gasteiger partial charge >= 0.3 is 0 Å². The third kappa shape index (κ3) is 2.29. The molecule has 0 aromatic carbocycles. The molecule has 0 radical (unpaired) electrons. The van der Waals surface area contributed by atoms with E-state index in [-0.39, 0.29) is 6.04 Å². The van der Waals surface area contributed by atoms with E-state index in [1.54, 1.807) is 0 Å². The largest absolute Gasteiger partial charge is 0.330 e. The minimum atomic E-state index is 0.0787. The van der Waals surface area contributed by atoms with Gasteiger partial charge in [-0.15, -0.1) is 0 Å². The van der Waals surface area contributed by atoms with Crippen molar-refractivity contribution >= 4 is 0 Å². The van der Waals surface area contributed by atoms with Gasteiger partial charge in [-0.25, -0.2) is 4.98 Å². The normalized spacial score (nSPS) is 32.6. The molecule has 0 bridgehead atoms. The lowest BCUT2D eigenvalue weighted by Gasteiger charge is -2.33. The number of aromatic nitrogens is 2. The Morgan fingerprint density at radius 2 is 1.94 bits per heavy atom.